The maximum atomic E-state index is 12.7. The van der Waals surface area contributed by atoms with E-state index in [1.165, 1.54) is 6.07 Å². The zero-order chi connectivity index (χ0) is 7.56. The molecule has 0 N–H and O–H groups in total. The molecule has 0 aromatic carbocycles. The Morgan fingerprint density at radius 3 is 2.80 bits per heavy atom. The molecule has 54 valence electrons. The predicted molar refractivity (Wildman–Crippen MR) is 49.5 cm³/mol. The molecule has 0 amide bonds. The van der Waals surface area contributed by atoms with Crippen LogP contribution in [0.1, 0.15) is 5.69 Å². The summed E-state index contributed by atoms with van der Waals surface area (Å²) in [6, 6.07) is 3.06. The first-order valence-corrected chi connectivity index (χ1v) is 4.81. The van der Waals surface area contributed by atoms with Crippen molar-refractivity contribution < 1.29 is 4.39 Å². The van der Waals surface area contributed by atoms with E-state index in [0.717, 1.165) is 3.70 Å². The smallest absolute Gasteiger partial charge is 0.145 e. The number of aromatic nitrogens is 1. The zero-order valence-electron chi connectivity index (χ0n) is 4.94. The van der Waals surface area contributed by atoms with Crippen LogP contribution in [0.2, 0.25) is 0 Å². The van der Waals surface area contributed by atoms with Gasteiger partial charge in [-0.05, 0) is 34.7 Å². The molecule has 0 spiro atoms. The van der Waals surface area contributed by atoms with Crippen molar-refractivity contribution in [3.63, 3.8) is 0 Å². The lowest BCUT2D eigenvalue weighted by Gasteiger charge is -1.96. The molecular formula is C6H4BrFIN. The number of halogens is 3. The van der Waals surface area contributed by atoms with Crippen molar-refractivity contribution in [2.45, 2.75) is 5.33 Å². The fourth-order valence-corrected chi connectivity index (χ4v) is 1.42. The van der Waals surface area contributed by atoms with E-state index in [9.17, 15) is 4.39 Å². The molecule has 0 aliphatic carbocycles. The number of nitrogens with zero attached hydrogens (tertiary/aromatic N) is 1. The van der Waals surface area contributed by atoms with Crippen molar-refractivity contribution in [3.8, 4) is 0 Å². The molecule has 0 aliphatic rings. The quantitative estimate of drug-likeness (QED) is 0.441. The molecule has 1 heterocycles. The second kappa shape index (κ2) is 3.61. The van der Waals surface area contributed by atoms with Crippen molar-refractivity contribution in [3.05, 3.63) is 27.3 Å². The van der Waals surface area contributed by atoms with Crippen molar-refractivity contribution in [2.24, 2.45) is 0 Å². The number of rotatable bonds is 1. The van der Waals surface area contributed by atoms with Crippen molar-refractivity contribution in [1.82, 2.24) is 4.98 Å². The van der Waals surface area contributed by atoms with Crippen molar-refractivity contribution in [1.29, 1.82) is 0 Å². The first-order valence-electron chi connectivity index (χ1n) is 2.61. The number of pyridine rings is 1. The maximum Gasteiger partial charge on any atom is 0.145 e. The van der Waals surface area contributed by atoms with E-state index in [4.69, 9.17) is 0 Å². The molecule has 0 aliphatic heterocycles. The molecular weight excluding hydrogens is 312 g/mol. The van der Waals surface area contributed by atoms with Crippen LogP contribution in [-0.4, -0.2) is 4.98 Å². The SMILES string of the molecule is Fc1ccc(I)nc1CBr. The van der Waals surface area contributed by atoms with Gasteiger partial charge in [0.2, 0.25) is 0 Å². The molecule has 0 radical (unpaired) electrons. The first-order chi connectivity index (χ1) is 4.74. The highest BCUT2D eigenvalue weighted by Gasteiger charge is 2.00. The van der Waals surface area contributed by atoms with E-state index in [1.54, 1.807) is 6.07 Å². The van der Waals surface area contributed by atoms with Gasteiger partial charge in [-0.15, -0.1) is 0 Å². The lowest BCUT2D eigenvalue weighted by Crippen LogP contribution is -1.92. The molecule has 0 saturated carbocycles. The minimum atomic E-state index is -0.253. The van der Waals surface area contributed by atoms with Crippen LogP contribution in [0.3, 0.4) is 0 Å². The van der Waals surface area contributed by atoms with Gasteiger partial charge in [-0.25, -0.2) is 9.37 Å². The van der Waals surface area contributed by atoms with Gasteiger partial charge in [-0.3, -0.25) is 0 Å². The van der Waals surface area contributed by atoms with Gasteiger partial charge in [0.15, 0.2) is 0 Å². The first kappa shape index (κ1) is 8.39. The number of alkyl halides is 1. The summed E-state index contributed by atoms with van der Waals surface area (Å²) >= 11 is 5.18. The van der Waals surface area contributed by atoms with Crippen LogP contribution in [-0.2, 0) is 5.33 Å². The molecule has 0 atom stereocenters. The Kier molecular flexibility index (Phi) is 3.03. The van der Waals surface area contributed by atoms with E-state index in [0.29, 0.717) is 11.0 Å². The van der Waals surface area contributed by atoms with Gasteiger partial charge in [0.25, 0.3) is 0 Å². The highest BCUT2D eigenvalue weighted by molar-refractivity contribution is 14.1. The van der Waals surface area contributed by atoms with E-state index < -0.39 is 0 Å². The zero-order valence-corrected chi connectivity index (χ0v) is 8.69. The fraction of sp³-hybridized carbons (Fsp3) is 0.167. The van der Waals surface area contributed by atoms with Gasteiger partial charge < -0.3 is 0 Å². The second-order valence-corrected chi connectivity index (χ2v) is 3.36. The van der Waals surface area contributed by atoms with Gasteiger partial charge >= 0.3 is 0 Å². The minimum absolute atomic E-state index is 0.253. The van der Waals surface area contributed by atoms with Gasteiger partial charge in [0.1, 0.15) is 9.52 Å². The average Bonchev–Trinajstić information content (AvgIpc) is 1.94. The summed E-state index contributed by atoms with van der Waals surface area (Å²) in [7, 11) is 0. The Morgan fingerprint density at radius 1 is 1.60 bits per heavy atom. The highest BCUT2D eigenvalue weighted by atomic mass is 127. The summed E-state index contributed by atoms with van der Waals surface area (Å²) in [6.07, 6.45) is 0. The Labute approximate surface area is 80.3 Å². The molecule has 0 saturated heterocycles. The van der Waals surface area contributed by atoms with Crippen LogP contribution in [0.4, 0.5) is 4.39 Å². The molecule has 1 nitrogen and oxygen atoms in total. The van der Waals surface area contributed by atoms with Crippen LogP contribution in [0, 0.1) is 9.52 Å². The standard InChI is InChI=1S/C6H4BrFIN/c7-3-5-4(8)1-2-6(9)10-5/h1-2H,3H2. The molecule has 0 fully saturated rings. The molecule has 10 heavy (non-hydrogen) atoms. The van der Waals surface area contributed by atoms with Crippen LogP contribution in [0.25, 0.3) is 0 Å². The van der Waals surface area contributed by atoms with E-state index >= 15 is 0 Å². The summed E-state index contributed by atoms with van der Waals surface area (Å²) in [4.78, 5) is 3.96. The third kappa shape index (κ3) is 1.88. The maximum absolute atomic E-state index is 12.7. The second-order valence-electron chi connectivity index (χ2n) is 1.70. The van der Waals surface area contributed by atoms with Crippen LogP contribution < -0.4 is 0 Å². The monoisotopic (exact) mass is 315 g/mol. The summed E-state index contributed by atoms with van der Waals surface area (Å²) < 4.78 is 13.5. The third-order valence-electron chi connectivity index (χ3n) is 1.01. The third-order valence-corrected chi connectivity index (χ3v) is 2.14. The molecule has 0 unspecified atom stereocenters. The van der Waals surface area contributed by atoms with E-state index in [-0.39, 0.29) is 5.82 Å². The Bertz CT molecular complexity index is 241. The Morgan fingerprint density at radius 2 is 2.30 bits per heavy atom. The van der Waals surface area contributed by atoms with Gasteiger partial charge in [0.05, 0.1) is 5.69 Å². The molecule has 1 aromatic heterocycles. The lowest BCUT2D eigenvalue weighted by atomic mass is 10.4. The molecule has 4 heteroatoms. The molecule has 1 rings (SSSR count). The fourth-order valence-electron chi connectivity index (χ4n) is 0.551. The van der Waals surface area contributed by atoms with Crippen molar-refractivity contribution >= 4 is 38.5 Å². The van der Waals surface area contributed by atoms with Crippen LogP contribution in [0.15, 0.2) is 12.1 Å². The van der Waals surface area contributed by atoms with E-state index in [1.807, 2.05) is 22.6 Å². The van der Waals surface area contributed by atoms with Gasteiger partial charge in [0, 0.05) is 5.33 Å². The highest BCUT2D eigenvalue weighted by Crippen LogP contribution is 2.10. The van der Waals surface area contributed by atoms with Crippen LogP contribution in [0.5, 0.6) is 0 Å². The van der Waals surface area contributed by atoms with E-state index in [2.05, 4.69) is 20.9 Å². The van der Waals surface area contributed by atoms with Crippen molar-refractivity contribution in [2.75, 3.05) is 0 Å². The number of hydrogen-bond acceptors (Lipinski definition) is 1. The lowest BCUT2D eigenvalue weighted by molar-refractivity contribution is 0.607. The normalized spacial score (nSPS) is 9.90. The minimum Gasteiger partial charge on any atom is -0.243 e. The largest absolute Gasteiger partial charge is 0.243 e. The van der Waals surface area contributed by atoms with Gasteiger partial charge in [-0.2, -0.15) is 0 Å². The predicted octanol–water partition coefficient (Wildman–Crippen LogP) is 2.72. The Balaban J connectivity index is 3.09. The summed E-state index contributed by atoms with van der Waals surface area (Å²) in [5.41, 5.74) is 0.465. The topological polar surface area (TPSA) is 12.9 Å². The van der Waals surface area contributed by atoms with Gasteiger partial charge in [-0.1, -0.05) is 15.9 Å². The molecule has 1 aromatic rings. The summed E-state index contributed by atoms with van der Waals surface area (Å²) in [5.74, 6) is -0.253. The molecule has 0 bridgehead atoms. The Hall–Kier alpha value is 0.290. The van der Waals surface area contributed by atoms with Crippen LogP contribution >= 0.6 is 38.5 Å². The summed E-state index contributed by atoms with van der Waals surface area (Å²) in [5, 5.41) is 0.468. The number of hydrogen-bond donors (Lipinski definition) is 0. The summed E-state index contributed by atoms with van der Waals surface area (Å²) in [6.45, 7) is 0. The average molecular weight is 316 g/mol.